The van der Waals surface area contributed by atoms with Gasteiger partial charge >= 0.3 is 23.9 Å². The lowest BCUT2D eigenvalue weighted by Gasteiger charge is -2.19. The Kier molecular flexibility index (Phi) is 30.7. The van der Waals surface area contributed by atoms with E-state index in [1.807, 2.05) is 0 Å². The number of carbonyl (C=O) groups excluding carboxylic acids is 4. The van der Waals surface area contributed by atoms with E-state index in [9.17, 15) is 19.2 Å². The summed E-state index contributed by atoms with van der Waals surface area (Å²) in [4.78, 5) is 49.7. The van der Waals surface area contributed by atoms with Crippen LogP contribution in [-0.4, -0.2) is 43.2 Å². The van der Waals surface area contributed by atoms with Crippen LogP contribution in [-0.2, 0) is 28.6 Å². The minimum absolute atomic E-state index is 0.0549. The fourth-order valence-corrected chi connectivity index (χ4v) is 6.30. The Hall–Kier alpha value is -2.90. The number of para-hydroxylation sites is 1. The Bertz CT molecular complexity index is 1010. The summed E-state index contributed by atoms with van der Waals surface area (Å²) in [6.07, 6.45) is 31.3. The fraction of sp³-hybridized carbons (Fsp3) is 0.773. The van der Waals surface area contributed by atoms with Gasteiger partial charge in [-0.3, -0.25) is 14.4 Å². The third-order valence-electron chi connectivity index (χ3n) is 9.46. The van der Waals surface area contributed by atoms with Crippen molar-refractivity contribution in [2.75, 3.05) is 13.2 Å². The molecule has 298 valence electrons. The molecule has 0 heterocycles. The molecule has 0 N–H and O–H groups in total. The van der Waals surface area contributed by atoms with Crippen molar-refractivity contribution in [3.63, 3.8) is 0 Å². The average Bonchev–Trinajstić information content (AvgIpc) is 3.13. The van der Waals surface area contributed by atoms with E-state index in [0.29, 0.717) is 0 Å². The monoisotopic (exact) mass is 731 g/mol. The van der Waals surface area contributed by atoms with Crippen LogP contribution in [0.1, 0.15) is 211 Å². The first kappa shape index (κ1) is 47.1. The number of unbranched alkanes of at least 4 members (excludes halogenated alkanes) is 24. The maximum atomic E-state index is 13.1. The predicted molar refractivity (Wildman–Crippen MR) is 209 cm³/mol. The molecule has 0 atom stereocenters. The summed E-state index contributed by atoms with van der Waals surface area (Å²) in [5, 5.41) is 0. The van der Waals surface area contributed by atoms with Gasteiger partial charge in [-0.25, -0.2) is 4.79 Å². The number of carbonyl (C=O) groups is 4. The van der Waals surface area contributed by atoms with E-state index in [0.717, 1.165) is 38.5 Å². The number of hydrogen-bond donors (Lipinski definition) is 0. The van der Waals surface area contributed by atoms with E-state index in [-0.39, 0.29) is 49.3 Å². The standard InChI is InChI=1S/C44H74O8/c1-4-6-8-10-12-14-16-18-20-22-24-26-28-34-42(46)49-36-39(52-44(48)40-32-30-31-33-41(40)51-38(3)45)37-50-43(47)35-29-27-25-23-21-19-17-15-13-11-9-7-5-2/h30-33,39H,4-29,34-37H2,1-3H3. The van der Waals surface area contributed by atoms with Crippen LogP contribution in [0, 0.1) is 0 Å². The molecule has 0 aliphatic heterocycles. The molecule has 0 saturated carbocycles. The Labute approximate surface area is 316 Å². The largest absolute Gasteiger partial charge is 0.462 e. The van der Waals surface area contributed by atoms with E-state index >= 15 is 0 Å². The Morgan fingerprint density at radius 3 is 1.21 bits per heavy atom. The van der Waals surface area contributed by atoms with Crippen molar-refractivity contribution in [3.05, 3.63) is 29.8 Å². The smallest absolute Gasteiger partial charge is 0.342 e. The summed E-state index contributed by atoms with van der Waals surface area (Å²) >= 11 is 0. The van der Waals surface area contributed by atoms with E-state index < -0.39 is 18.0 Å². The minimum Gasteiger partial charge on any atom is -0.462 e. The van der Waals surface area contributed by atoms with Crippen molar-refractivity contribution >= 4 is 23.9 Å². The second kappa shape index (κ2) is 33.9. The molecule has 8 nitrogen and oxygen atoms in total. The number of benzene rings is 1. The molecule has 1 rings (SSSR count). The Morgan fingerprint density at radius 1 is 0.500 bits per heavy atom. The molecule has 0 fully saturated rings. The molecule has 0 unspecified atom stereocenters. The highest BCUT2D eigenvalue weighted by atomic mass is 16.6. The number of rotatable bonds is 35. The van der Waals surface area contributed by atoms with Gasteiger partial charge in [0, 0.05) is 19.8 Å². The third kappa shape index (κ3) is 27.7. The van der Waals surface area contributed by atoms with Gasteiger partial charge in [0.1, 0.15) is 24.5 Å². The van der Waals surface area contributed by atoms with Crippen molar-refractivity contribution in [3.8, 4) is 5.75 Å². The summed E-state index contributed by atoms with van der Waals surface area (Å²) in [5.74, 6) is -2.01. The molecule has 52 heavy (non-hydrogen) atoms. The molecule has 0 aromatic heterocycles. The van der Waals surface area contributed by atoms with Crippen molar-refractivity contribution < 1.29 is 38.1 Å². The average molecular weight is 731 g/mol. The van der Waals surface area contributed by atoms with Crippen LogP contribution in [0.3, 0.4) is 0 Å². The molecule has 0 amide bonds. The van der Waals surface area contributed by atoms with Gasteiger partial charge in [0.25, 0.3) is 0 Å². The topological polar surface area (TPSA) is 105 Å². The van der Waals surface area contributed by atoms with Gasteiger partial charge in [-0.1, -0.05) is 180 Å². The zero-order chi connectivity index (χ0) is 37.9. The lowest BCUT2D eigenvalue weighted by Crippen LogP contribution is -2.31. The van der Waals surface area contributed by atoms with Crippen LogP contribution in [0.25, 0.3) is 0 Å². The van der Waals surface area contributed by atoms with Crippen molar-refractivity contribution in [1.82, 2.24) is 0 Å². The van der Waals surface area contributed by atoms with Crippen LogP contribution in [0.5, 0.6) is 5.75 Å². The van der Waals surface area contributed by atoms with Crippen LogP contribution in [0.15, 0.2) is 24.3 Å². The first-order chi connectivity index (χ1) is 25.4. The van der Waals surface area contributed by atoms with Gasteiger partial charge in [-0.15, -0.1) is 0 Å². The van der Waals surface area contributed by atoms with Crippen LogP contribution < -0.4 is 4.74 Å². The fourth-order valence-electron chi connectivity index (χ4n) is 6.30. The minimum atomic E-state index is -0.996. The second-order valence-corrected chi connectivity index (χ2v) is 14.5. The SMILES string of the molecule is CCCCCCCCCCCCCCCC(=O)OCC(COC(=O)CCCCCCCCCCCCCCC)OC(=O)c1ccccc1OC(C)=O. The van der Waals surface area contributed by atoms with Crippen LogP contribution >= 0.6 is 0 Å². The molecule has 0 bridgehead atoms. The molecule has 0 saturated heterocycles. The van der Waals surface area contributed by atoms with E-state index in [2.05, 4.69) is 13.8 Å². The lowest BCUT2D eigenvalue weighted by molar-refractivity contribution is -0.153. The summed E-state index contributed by atoms with van der Waals surface area (Å²) in [7, 11) is 0. The molecule has 0 aliphatic carbocycles. The zero-order valence-corrected chi connectivity index (χ0v) is 33.4. The molecule has 0 aliphatic rings. The molecule has 8 heteroatoms. The summed E-state index contributed by atoms with van der Waals surface area (Å²) in [5.41, 5.74) is 0.0549. The van der Waals surface area contributed by atoms with Crippen molar-refractivity contribution in [1.29, 1.82) is 0 Å². The third-order valence-corrected chi connectivity index (χ3v) is 9.46. The molecular weight excluding hydrogens is 656 g/mol. The molecular formula is C44H74O8. The van der Waals surface area contributed by atoms with Crippen LogP contribution in [0.2, 0.25) is 0 Å². The van der Waals surface area contributed by atoms with E-state index in [1.54, 1.807) is 12.1 Å². The second-order valence-electron chi connectivity index (χ2n) is 14.5. The highest BCUT2D eigenvalue weighted by molar-refractivity contribution is 5.93. The highest BCUT2D eigenvalue weighted by Crippen LogP contribution is 2.21. The Balaban J connectivity index is 2.39. The maximum absolute atomic E-state index is 13.1. The van der Waals surface area contributed by atoms with Crippen LogP contribution in [0.4, 0.5) is 0 Å². The maximum Gasteiger partial charge on any atom is 0.342 e. The van der Waals surface area contributed by atoms with Gasteiger partial charge in [-0.2, -0.15) is 0 Å². The quantitative estimate of drug-likeness (QED) is 0.0294. The van der Waals surface area contributed by atoms with Gasteiger partial charge in [0.15, 0.2) is 6.10 Å². The summed E-state index contributed by atoms with van der Waals surface area (Å²) in [6, 6.07) is 6.25. The number of hydrogen-bond acceptors (Lipinski definition) is 8. The summed E-state index contributed by atoms with van der Waals surface area (Å²) in [6.45, 7) is 5.28. The number of ether oxygens (including phenoxy) is 4. The van der Waals surface area contributed by atoms with Gasteiger partial charge in [-0.05, 0) is 25.0 Å². The van der Waals surface area contributed by atoms with E-state index in [1.165, 1.54) is 147 Å². The lowest BCUT2D eigenvalue weighted by atomic mass is 10.0. The molecule has 1 aromatic carbocycles. The molecule has 1 aromatic rings. The Morgan fingerprint density at radius 2 is 0.846 bits per heavy atom. The van der Waals surface area contributed by atoms with Gasteiger partial charge < -0.3 is 18.9 Å². The van der Waals surface area contributed by atoms with Gasteiger partial charge in [0.2, 0.25) is 0 Å². The molecule has 0 radical (unpaired) electrons. The van der Waals surface area contributed by atoms with E-state index in [4.69, 9.17) is 18.9 Å². The first-order valence-corrected chi connectivity index (χ1v) is 21.2. The van der Waals surface area contributed by atoms with Crippen molar-refractivity contribution in [2.45, 2.75) is 207 Å². The first-order valence-electron chi connectivity index (χ1n) is 21.2. The summed E-state index contributed by atoms with van der Waals surface area (Å²) < 4.78 is 21.7. The zero-order valence-electron chi connectivity index (χ0n) is 33.4. The van der Waals surface area contributed by atoms with Gasteiger partial charge in [0.05, 0.1) is 0 Å². The highest BCUT2D eigenvalue weighted by Gasteiger charge is 2.23. The van der Waals surface area contributed by atoms with Crippen molar-refractivity contribution in [2.24, 2.45) is 0 Å². The predicted octanol–water partition coefficient (Wildman–Crippen LogP) is 12.2. The molecule has 0 spiro atoms. The normalized spacial score (nSPS) is 11.1. The number of esters is 4.